The molecular weight excluding hydrogens is 368 g/mol. The molecule has 0 aromatic carbocycles. The third-order valence-electron chi connectivity index (χ3n) is 9.42. The highest BCUT2D eigenvalue weighted by Crippen LogP contribution is 2.66. The lowest BCUT2D eigenvalue weighted by atomic mass is 9.45. The summed E-state index contributed by atoms with van der Waals surface area (Å²) in [5.74, 6) is 0.355. The molecule has 0 saturated heterocycles. The number of aliphatic carboxylic acids is 1. The number of carboxylic acids is 1. The summed E-state index contributed by atoms with van der Waals surface area (Å²) >= 11 is 0. The number of fused-ring (bicyclic) bond motifs is 5. The fourth-order valence-corrected chi connectivity index (χ4v) is 7.74. The Kier molecular flexibility index (Phi) is 5.04. The first-order valence-corrected chi connectivity index (χ1v) is 11.3. The monoisotopic (exact) mass is 402 g/mol. The molecule has 3 fully saturated rings. The third kappa shape index (κ3) is 3.03. The SMILES string of the molecule is C[C@H](CCC(=O)O)[C@H]1CC[C@H]2[C@@H]3[C@H](O)CC4=CC(=O)CC[C@]4(C)[C@H]3CC(=O)[C@]12C. The number of ketones is 2. The Balaban J connectivity index is 1.65. The Bertz CT molecular complexity index is 769. The molecule has 5 nitrogen and oxygen atoms in total. The number of carbonyl (C=O) groups is 3. The molecule has 8 atom stereocenters. The summed E-state index contributed by atoms with van der Waals surface area (Å²) in [6, 6.07) is 0. The van der Waals surface area contributed by atoms with Crippen LogP contribution in [0.1, 0.15) is 72.1 Å². The van der Waals surface area contributed by atoms with E-state index in [0.29, 0.717) is 31.5 Å². The van der Waals surface area contributed by atoms with Gasteiger partial charge in [-0.05, 0) is 73.2 Å². The molecule has 2 N–H and O–H groups in total. The van der Waals surface area contributed by atoms with Crippen LogP contribution in [0, 0.1) is 40.4 Å². The topological polar surface area (TPSA) is 91.7 Å². The molecule has 0 amide bonds. The first-order chi connectivity index (χ1) is 13.6. The van der Waals surface area contributed by atoms with Crippen LogP contribution in [0.4, 0.5) is 0 Å². The van der Waals surface area contributed by atoms with Crippen LogP contribution in [0.15, 0.2) is 11.6 Å². The highest BCUT2D eigenvalue weighted by Gasteiger charge is 2.64. The lowest BCUT2D eigenvalue weighted by Crippen LogP contribution is -2.59. The van der Waals surface area contributed by atoms with Crippen LogP contribution in [0.3, 0.4) is 0 Å². The average Bonchev–Trinajstić information content (AvgIpc) is 3.01. The van der Waals surface area contributed by atoms with Crippen molar-refractivity contribution >= 4 is 17.5 Å². The van der Waals surface area contributed by atoms with Crippen molar-refractivity contribution < 1.29 is 24.6 Å². The van der Waals surface area contributed by atoms with Crippen LogP contribution in [0.25, 0.3) is 0 Å². The Morgan fingerprint density at radius 1 is 1.21 bits per heavy atom. The first kappa shape index (κ1) is 20.8. The molecule has 0 aromatic rings. The van der Waals surface area contributed by atoms with Gasteiger partial charge in [-0.1, -0.05) is 26.3 Å². The van der Waals surface area contributed by atoms with Gasteiger partial charge in [0.05, 0.1) is 6.10 Å². The number of Topliss-reactive ketones (excluding diaryl/α,β-unsaturated/α-hetero) is 1. The molecule has 160 valence electrons. The number of carbonyl (C=O) groups excluding carboxylic acids is 2. The van der Waals surface area contributed by atoms with Crippen molar-refractivity contribution in [3.63, 3.8) is 0 Å². The van der Waals surface area contributed by atoms with Gasteiger partial charge in [-0.2, -0.15) is 0 Å². The van der Waals surface area contributed by atoms with Crippen molar-refractivity contribution in [3.05, 3.63) is 11.6 Å². The van der Waals surface area contributed by atoms with E-state index in [0.717, 1.165) is 24.8 Å². The van der Waals surface area contributed by atoms with Gasteiger partial charge in [0.1, 0.15) is 5.78 Å². The lowest BCUT2D eigenvalue weighted by Gasteiger charge is -2.59. The summed E-state index contributed by atoms with van der Waals surface area (Å²) in [6.45, 7) is 6.38. The average molecular weight is 403 g/mol. The van der Waals surface area contributed by atoms with Gasteiger partial charge in [-0.3, -0.25) is 14.4 Å². The lowest BCUT2D eigenvalue weighted by molar-refractivity contribution is -0.157. The fraction of sp³-hybridized carbons (Fsp3) is 0.792. The van der Waals surface area contributed by atoms with Gasteiger partial charge in [-0.25, -0.2) is 0 Å². The van der Waals surface area contributed by atoms with E-state index in [9.17, 15) is 19.5 Å². The maximum atomic E-state index is 13.6. The zero-order valence-corrected chi connectivity index (χ0v) is 17.8. The smallest absolute Gasteiger partial charge is 0.303 e. The molecule has 0 aliphatic heterocycles. The maximum absolute atomic E-state index is 13.6. The van der Waals surface area contributed by atoms with Crippen LogP contribution in [-0.4, -0.2) is 33.9 Å². The molecule has 4 aliphatic carbocycles. The summed E-state index contributed by atoms with van der Waals surface area (Å²) in [4.78, 5) is 36.6. The van der Waals surface area contributed by atoms with Crippen molar-refractivity contribution in [1.82, 2.24) is 0 Å². The second-order valence-corrected chi connectivity index (χ2v) is 10.6. The molecule has 0 unspecified atom stereocenters. The Morgan fingerprint density at radius 3 is 2.62 bits per heavy atom. The Labute approximate surface area is 172 Å². The summed E-state index contributed by atoms with van der Waals surface area (Å²) in [5, 5.41) is 20.2. The normalized spacial score (nSPS) is 45.1. The molecule has 0 heterocycles. The van der Waals surface area contributed by atoms with Gasteiger partial charge in [-0.15, -0.1) is 0 Å². The number of aliphatic hydroxyl groups excluding tert-OH is 1. The van der Waals surface area contributed by atoms with E-state index >= 15 is 0 Å². The Morgan fingerprint density at radius 2 is 1.93 bits per heavy atom. The molecule has 29 heavy (non-hydrogen) atoms. The summed E-state index contributed by atoms with van der Waals surface area (Å²) in [5.41, 5.74) is 0.410. The number of hydrogen-bond acceptors (Lipinski definition) is 4. The zero-order chi connectivity index (χ0) is 21.1. The molecule has 0 aromatic heterocycles. The number of hydrogen-bond donors (Lipinski definition) is 2. The van der Waals surface area contributed by atoms with Crippen molar-refractivity contribution in [2.75, 3.05) is 0 Å². The van der Waals surface area contributed by atoms with Crippen LogP contribution in [0.2, 0.25) is 0 Å². The molecule has 5 heteroatoms. The van der Waals surface area contributed by atoms with Crippen LogP contribution >= 0.6 is 0 Å². The van der Waals surface area contributed by atoms with E-state index in [1.54, 1.807) is 6.08 Å². The maximum Gasteiger partial charge on any atom is 0.303 e. The molecule has 4 rings (SSSR count). The predicted molar refractivity (Wildman–Crippen MR) is 108 cm³/mol. The highest BCUT2D eigenvalue weighted by molar-refractivity contribution is 5.92. The molecule has 0 spiro atoms. The van der Waals surface area contributed by atoms with Gasteiger partial charge in [0.25, 0.3) is 0 Å². The van der Waals surface area contributed by atoms with Crippen LogP contribution in [-0.2, 0) is 14.4 Å². The molecule has 0 radical (unpaired) electrons. The van der Waals surface area contributed by atoms with Gasteiger partial charge < -0.3 is 10.2 Å². The van der Waals surface area contributed by atoms with E-state index in [2.05, 4.69) is 20.8 Å². The van der Waals surface area contributed by atoms with E-state index in [-0.39, 0.29) is 47.2 Å². The van der Waals surface area contributed by atoms with Gasteiger partial charge in [0.2, 0.25) is 0 Å². The minimum atomic E-state index is -0.784. The van der Waals surface area contributed by atoms with E-state index in [4.69, 9.17) is 5.11 Å². The van der Waals surface area contributed by atoms with Crippen molar-refractivity contribution in [1.29, 1.82) is 0 Å². The van der Waals surface area contributed by atoms with E-state index in [1.165, 1.54) is 0 Å². The summed E-state index contributed by atoms with van der Waals surface area (Å²) in [6.07, 6.45) is 6.16. The molecule has 4 aliphatic rings. The highest BCUT2D eigenvalue weighted by atomic mass is 16.4. The van der Waals surface area contributed by atoms with Crippen LogP contribution in [0.5, 0.6) is 0 Å². The fourth-order valence-electron chi connectivity index (χ4n) is 7.74. The predicted octanol–water partition coefficient (Wildman–Crippen LogP) is 3.79. The van der Waals surface area contributed by atoms with Gasteiger partial charge in [0.15, 0.2) is 5.78 Å². The quantitative estimate of drug-likeness (QED) is 0.746. The number of carboxylic acid groups (broad SMARTS) is 1. The minimum Gasteiger partial charge on any atom is -0.481 e. The zero-order valence-electron chi connectivity index (χ0n) is 17.8. The largest absolute Gasteiger partial charge is 0.481 e. The second kappa shape index (κ2) is 7.04. The number of aliphatic hydroxyl groups is 1. The van der Waals surface area contributed by atoms with E-state index in [1.807, 2.05) is 0 Å². The van der Waals surface area contributed by atoms with Crippen molar-refractivity contribution in [2.24, 2.45) is 40.4 Å². The third-order valence-corrected chi connectivity index (χ3v) is 9.42. The number of rotatable bonds is 4. The molecular formula is C24H34O5. The first-order valence-electron chi connectivity index (χ1n) is 11.3. The Hall–Kier alpha value is -1.49. The second-order valence-electron chi connectivity index (χ2n) is 10.6. The van der Waals surface area contributed by atoms with Gasteiger partial charge >= 0.3 is 5.97 Å². The van der Waals surface area contributed by atoms with E-state index < -0.39 is 17.5 Å². The summed E-state index contributed by atoms with van der Waals surface area (Å²) in [7, 11) is 0. The van der Waals surface area contributed by atoms with Crippen LogP contribution < -0.4 is 0 Å². The van der Waals surface area contributed by atoms with Crippen molar-refractivity contribution in [2.45, 2.75) is 78.2 Å². The summed E-state index contributed by atoms with van der Waals surface area (Å²) < 4.78 is 0. The van der Waals surface area contributed by atoms with Crippen molar-refractivity contribution in [3.8, 4) is 0 Å². The molecule has 0 bridgehead atoms. The van der Waals surface area contributed by atoms with Gasteiger partial charge in [0, 0.05) is 24.7 Å². The standard InChI is InChI=1S/C24H34O5/c1-13(4-7-21(28)29)16-5-6-17-22-18(12-20(27)24(16,17)3)23(2)9-8-15(25)10-14(23)11-19(22)26/h10,13,16-19,22,26H,4-9,11-12H2,1-3H3,(H,28,29)/t13-,16-,17+,18+,19-,22+,23+,24-/m1/s1. The molecule has 3 saturated carbocycles. The minimum absolute atomic E-state index is 0.0877.